The Morgan fingerprint density at radius 3 is 2.68 bits per heavy atom. The van der Waals surface area contributed by atoms with Crippen molar-refractivity contribution in [3.8, 4) is 0 Å². The number of para-hydroxylation sites is 1. The Kier molecular flexibility index (Phi) is 3.82. The van der Waals surface area contributed by atoms with E-state index in [-0.39, 0.29) is 18.0 Å². The van der Waals surface area contributed by atoms with E-state index in [0.717, 1.165) is 42.2 Å². The van der Waals surface area contributed by atoms with Gasteiger partial charge < -0.3 is 9.47 Å². The average molecular weight is 338 g/mol. The maximum Gasteiger partial charge on any atom is 0.291 e. The fourth-order valence-electron chi connectivity index (χ4n) is 3.71. The lowest BCUT2D eigenvalue weighted by atomic mass is 9.99. The van der Waals surface area contributed by atoms with Crippen LogP contribution in [0.15, 0.2) is 35.3 Å². The molecule has 0 spiro atoms. The van der Waals surface area contributed by atoms with Crippen LogP contribution in [0, 0.1) is 5.92 Å². The highest BCUT2D eigenvalue weighted by molar-refractivity contribution is 6.07. The monoisotopic (exact) mass is 338 g/mol. The largest absolute Gasteiger partial charge is 0.341 e. The average Bonchev–Trinajstić information content (AvgIpc) is 2.91. The first-order valence-electron chi connectivity index (χ1n) is 8.77. The van der Waals surface area contributed by atoms with Crippen molar-refractivity contribution in [1.82, 2.24) is 19.2 Å². The molecule has 1 amide bonds. The van der Waals surface area contributed by atoms with Gasteiger partial charge in [0.15, 0.2) is 0 Å². The summed E-state index contributed by atoms with van der Waals surface area (Å²) in [6.07, 6.45) is 3.75. The lowest BCUT2D eigenvalue weighted by Gasteiger charge is -2.30. The number of amides is 1. The Bertz CT molecular complexity index is 1010. The molecule has 0 saturated carbocycles. The minimum absolute atomic E-state index is 0.00464. The second-order valence-electron chi connectivity index (χ2n) is 7.01. The predicted molar refractivity (Wildman–Crippen MR) is 97.5 cm³/mol. The summed E-state index contributed by atoms with van der Waals surface area (Å²) in [6, 6.07) is 7.88. The highest BCUT2D eigenvalue weighted by Crippen LogP contribution is 2.24. The van der Waals surface area contributed by atoms with Crippen LogP contribution >= 0.6 is 0 Å². The molecule has 1 saturated heterocycles. The summed E-state index contributed by atoms with van der Waals surface area (Å²) in [5.41, 5.74) is 1.37. The molecule has 0 atom stereocenters. The van der Waals surface area contributed by atoms with Crippen molar-refractivity contribution in [2.24, 2.45) is 13.0 Å². The van der Waals surface area contributed by atoms with Gasteiger partial charge >= 0.3 is 0 Å². The highest BCUT2D eigenvalue weighted by Gasteiger charge is 2.22. The smallest absolute Gasteiger partial charge is 0.291 e. The Labute approximate surface area is 145 Å². The molecule has 1 aliphatic heterocycles. The van der Waals surface area contributed by atoms with Crippen LogP contribution in [0.1, 0.15) is 19.8 Å². The Morgan fingerprint density at radius 2 is 1.92 bits per heavy atom. The van der Waals surface area contributed by atoms with Crippen LogP contribution in [0.2, 0.25) is 0 Å². The number of piperidine rings is 1. The third kappa shape index (κ3) is 2.62. The van der Waals surface area contributed by atoms with E-state index < -0.39 is 0 Å². The molecular weight excluding hydrogens is 316 g/mol. The molecule has 0 aliphatic carbocycles. The zero-order chi connectivity index (χ0) is 17.6. The number of rotatable bonds is 2. The molecular formula is C19H22N4O2. The maximum absolute atomic E-state index is 12.9. The minimum atomic E-state index is -0.213. The van der Waals surface area contributed by atoms with Crippen LogP contribution in [0.5, 0.6) is 0 Å². The van der Waals surface area contributed by atoms with Gasteiger partial charge in [0.05, 0.1) is 6.20 Å². The number of aryl methyl sites for hydroxylation is 1. The Hall–Kier alpha value is -2.63. The fraction of sp³-hybridized carbons (Fsp3) is 0.421. The summed E-state index contributed by atoms with van der Waals surface area (Å²) in [4.78, 5) is 27.3. The molecule has 0 unspecified atom stereocenters. The molecule has 2 aromatic heterocycles. The first kappa shape index (κ1) is 15.9. The number of fused-ring (bicyclic) bond motifs is 3. The standard InChI is InChI=1S/C19H22N4O2/c1-13-7-9-22(10-8-13)17(24)12-23-19(25)18-15(11-20-23)14-5-3-4-6-16(14)21(18)2/h3-6,11,13H,7-10,12H2,1-2H3. The topological polar surface area (TPSA) is 60.1 Å². The second-order valence-corrected chi connectivity index (χ2v) is 7.01. The van der Waals surface area contributed by atoms with E-state index in [0.29, 0.717) is 11.4 Å². The lowest BCUT2D eigenvalue weighted by Crippen LogP contribution is -2.41. The molecule has 1 aromatic carbocycles. The molecule has 6 heteroatoms. The van der Waals surface area contributed by atoms with Crippen molar-refractivity contribution in [3.63, 3.8) is 0 Å². The number of benzene rings is 1. The first-order chi connectivity index (χ1) is 12.1. The van der Waals surface area contributed by atoms with Crippen LogP contribution in [0.25, 0.3) is 21.8 Å². The van der Waals surface area contributed by atoms with Gasteiger partial charge in [-0.25, -0.2) is 4.68 Å². The number of hydrogen-bond donors (Lipinski definition) is 0. The van der Waals surface area contributed by atoms with E-state index in [1.54, 1.807) is 6.20 Å². The zero-order valence-corrected chi connectivity index (χ0v) is 14.6. The summed E-state index contributed by atoms with van der Waals surface area (Å²) < 4.78 is 3.18. The number of likely N-dealkylation sites (tertiary alicyclic amines) is 1. The molecule has 1 fully saturated rings. The number of carbonyl (C=O) groups is 1. The number of carbonyl (C=O) groups excluding carboxylic acids is 1. The van der Waals surface area contributed by atoms with Gasteiger partial charge in [-0.05, 0) is 24.8 Å². The molecule has 0 N–H and O–H groups in total. The van der Waals surface area contributed by atoms with E-state index in [2.05, 4.69) is 12.0 Å². The quantitative estimate of drug-likeness (QED) is 0.719. The highest BCUT2D eigenvalue weighted by atomic mass is 16.2. The van der Waals surface area contributed by atoms with Crippen molar-refractivity contribution >= 4 is 27.7 Å². The molecule has 6 nitrogen and oxygen atoms in total. The van der Waals surface area contributed by atoms with Crippen molar-refractivity contribution < 1.29 is 4.79 Å². The van der Waals surface area contributed by atoms with E-state index in [1.165, 1.54) is 4.68 Å². The predicted octanol–water partition coefficient (Wildman–Crippen LogP) is 2.15. The fourth-order valence-corrected chi connectivity index (χ4v) is 3.71. The van der Waals surface area contributed by atoms with E-state index in [1.807, 2.05) is 40.8 Å². The van der Waals surface area contributed by atoms with Gasteiger partial charge in [-0.1, -0.05) is 25.1 Å². The normalized spacial score (nSPS) is 16.0. The molecule has 130 valence electrons. The maximum atomic E-state index is 12.9. The van der Waals surface area contributed by atoms with E-state index in [9.17, 15) is 9.59 Å². The minimum Gasteiger partial charge on any atom is -0.341 e. The molecule has 3 heterocycles. The molecule has 4 rings (SSSR count). The second kappa shape index (κ2) is 6.02. The van der Waals surface area contributed by atoms with Crippen molar-refractivity contribution in [3.05, 3.63) is 40.8 Å². The molecule has 1 aliphatic rings. The number of nitrogens with zero attached hydrogens (tertiary/aromatic N) is 4. The number of aromatic nitrogens is 3. The lowest BCUT2D eigenvalue weighted by molar-refractivity contribution is -0.133. The van der Waals surface area contributed by atoms with Gasteiger partial charge in [-0.2, -0.15) is 5.10 Å². The SMILES string of the molecule is CC1CCN(C(=O)Cn2ncc3c4ccccc4n(C)c3c2=O)CC1. The van der Waals surface area contributed by atoms with Crippen LogP contribution in [0.3, 0.4) is 0 Å². The summed E-state index contributed by atoms with van der Waals surface area (Å²) in [5, 5.41) is 6.10. The van der Waals surface area contributed by atoms with Gasteiger partial charge in [-0.15, -0.1) is 0 Å². The van der Waals surface area contributed by atoms with Gasteiger partial charge in [0.2, 0.25) is 5.91 Å². The van der Waals surface area contributed by atoms with E-state index in [4.69, 9.17) is 0 Å². The van der Waals surface area contributed by atoms with Crippen LogP contribution in [-0.2, 0) is 18.4 Å². The van der Waals surface area contributed by atoms with Crippen molar-refractivity contribution in [2.75, 3.05) is 13.1 Å². The van der Waals surface area contributed by atoms with Crippen molar-refractivity contribution in [2.45, 2.75) is 26.3 Å². The van der Waals surface area contributed by atoms with Gasteiger partial charge in [-0.3, -0.25) is 9.59 Å². The zero-order valence-electron chi connectivity index (χ0n) is 14.6. The van der Waals surface area contributed by atoms with E-state index >= 15 is 0 Å². The van der Waals surface area contributed by atoms with Gasteiger partial charge in [0, 0.05) is 36.4 Å². The summed E-state index contributed by atoms with van der Waals surface area (Å²) in [7, 11) is 1.88. The summed E-state index contributed by atoms with van der Waals surface area (Å²) in [5.74, 6) is 0.636. The Balaban J connectivity index is 1.70. The third-order valence-electron chi connectivity index (χ3n) is 5.33. The van der Waals surface area contributed by atoms with Gasteiger partial charge in [0.25, 0.3) is 5.56 Å². The van der Waals surface area contributed by atoms with Crippen molar-refractivity contribution in [1.29, 1.82) is 0 Å². The molecule has 25 heavy (non-hydrogen) atoms. The molecule has 0 bridgehead atoms. The van der Waals surface area contributed by atoms with Crippen LogP contribution < -0.4 is 5.56 Å². The first-order valence-corrected chi connectivity index (χ1v) is 8.77. The molecule has 0 radical (unpaired) electrons. The van der Waals surface area contributed by atoms with Crippen LogP contribution in [0.4, 0.5) is 0 Å². The number of hydrogen-bond acceptors (Lipinski definition) is 3. The Morgan fingerprint density at radius 1 is 1.20 bits per heavy atom. The van der Waals surface area contributed by atoms with Crippen LogP contribution in [-0.4, -0.2) is 38.2 Å². The summed E-state index contributed by atoms with van der Waals surface area (Å²) >= 11 is 0. The molecule has 3 aromatic rings. The third-order valence-corrected chi connectivity index (χ3v) is 5.33. The van der Waals surface area contributed by atoms with Gasteiger partial charge in [0.1, 0.15) is 12.1 Å². The summed E-state index contributed by atoms with van der Waals surface area (Å²) in [6.45, 7) is 3.75.